The van der Waals surface area contributed by atoms with Crippen LogP contribution in [0.4, 0.5) is 5.82 Å². The van der Waals surface area contributed by atoms with E-state index in [0.717, 1.165) is 5.56 Å². The van der Waals surface area contributed by atoms with Crippen molar-refractivity contribution in [3.63, 3.8) is 0 Å². The van der Waals surface area contributed by atoms with E-state index in [9.17, 15) is 9.59 Å². The van der Waals surface area contributed by atoms with Crippen LogP contribution in [0.3, 0.4) is 0 Å². The quantitative estimate of drug-likeness (QED) is 0.916. The first-order chi connectivity index (χ1) is 10.1. The maximum atomic E-state index is 12.6. The first kappa shape index (κ1) is 13.2. The van der Waals surface area contributed by atoms with E-state index in [1.165, 1.54) is 0 Å². The van der Waals surface area contributed by atoms with Crippen LogP contribution in [-0.2, 0) is 6.42 Å². The molecule has 1 aliphatic rings. The standard InChI is InChI=1S/C17H14N2O2/c1-10-14(8-11-6-7-15(18)19-9-11)17(21)13-5-3-2-4-12(13)16(10)20/h2-7,9H,8H2,1H3,(H2,18,19). The van der Waals surface area contributed by atoms with E-state index in [2.05, 4.69) is 4.98 Å². The number of aromatic nitrogens is 1. The van der Waals surface area contributed by atoms with Gasteiger partial charge in [-0.15, -0.1) is 0 Å². The van der Waals surface area contributed by atoms with Crippen LogP contribution in [0, 0.1) is 0 Å². The molecular weight excluding hydrogens is 264 g/mol. The van der Waals surface area contributed by atoms with E-state index >= 15 is 0 Å². The lowest BCUT2D eigenvalue weighted by molar-refractivity contribution is 0.0973. The number of nitrogen functional groups attached to an aromatic ring is 1. The van der Waals surface area contributed by atoms with Crippen LogP contribution < -0.4 is 5.73 Å². The highest BCUT2D eigenvalue weighted by atomic mass is 16.1. The van der Waals surface area contributed by atoms with Gasteiger partial charge in [-0.25, -0.2) is 4.98 Å². The van der Waals surface area contributed by atoms with Crippen LogP contribution in [0.2, 0.25) is 0 Å². The first-order valence-electron chi connectivity index (χ1n) is 6.66. The van der Waals surface area contributed by atoms with Gasteiger partial charge in [0.1, 0.15) is 5.82 Å². The van der Waals surface area contributed by atoms with Gasteiger partial charge in [-0.2, -0.15) is 0 Å². The van der Waals surface area contributed by atoms with Crippen molar-refractivity contribution in [2.45, 2.75) is 13.3 Å². The Morgan fingerprint density at radius 2 is 1.67 bits per heavy atom. The molecule has 2 N–H and O–H groups in total. The van der Waals surface area contributed by atoms with E-state index in [0.29, 0.717) is 34.5 Å². The number of anilines is 1. The molecule has 1 heterocycles. The normalized spacial score (nSPS) is 14.3. The SMILES string of the molecule is CC1=C(Cc2ccc(N)nc2)C(=O)c2ccccc2C1=O. The highest BCUT2D eigenvalue weighted by Crippen LogP contribution is 2.28. The number of pyridine rings is 1. The Labute approximate surface area is 122 Å². The lowest BCUT2D eigenvalue weighted by Crippen LogP contribution is -2.22. The Morgan fingerprint density at radius 3 is 2.29 bits per heavy atom. The third kappa shape index (κ3) is 2.25. The molecule has 0 fully saturated rings. The van der Waals surface area contributed by atoms with Crippen molar-refractivity contribution >= 4 is 17.4 Å². The Kier molecular flexibility index (Phi) is 3.14. The Balaban J connectivity index is 2.02. The number of carbonyl (C=O) groups excluding carboxylic acids is 2. The molecule has 1 aliphatic carbocycles. The summed E-state index contributed by atoms with van der Waals surface area (Å²) in [4.78, 5) is 29.0. The summed E-state index contributed by atoms with van der Waals surface area (Å²) in [6.07, 6.45) is 2.02. The average molecular weight is 278 g/mol. The molecule has 1 aromatic heterocycles. The van der Waals surface area contributed by atoms with Gasteiger partial charge in [-0.3, -0.25) is 9.59 Å². The molecule has 21 heavy (non-hydrogen) atoms. The molecule has 4 heteroatoms. The minimum Gasteiger partial charge on any atom is -0.384 e. The van der Waals surface area contributed by atoms with Crippen LogP contribution in [-0.4, -0.2) is 16.6 Å². The molecule has 3 rings (SSSR count). The highest BCUT2D eigenvalue weighted by Gasteiger charge is 2.29. The van der Waals surface area contributed by atoms with Gasteiger partial charge in [-0.05, 0) is 18.6 Å². The third-order valence-corrected chi connectivity index (χ3v) is 3.71. The molecule has 2 aromatic rings. The van der Waals surface area contributed by atoms with Crippen molar-refractivity contribution in [3.05, 3.63) is 70.4 Å². The van der Waals surface area contributed by atoms with Gasteiger partial charge < -0.3 is 5.73 Å². The number of rotatable bonds is 2. The topological polar surface area (TPSA) is 73.0 Å². The molecule has 0 spiro atoms. The number of nitrogens with zero attached hydrogens (tertiary/aromatic N) is 1. The molecule has 104 valence electrons. The molecule has 4 nitrogen and oxygen atoms in total. The number of nitrogens with two attached hydrogens (primary N) is 1. The summed E-state index contributed by atoms with van der Waals surface area (Å²) in [7, 11) is 0. The maximum Gasteiger partial charge on any atom is 0.190 e. The van der Waals surface area contributed by atoms with Gasteiger partial charge in [0.15, 0.2) is 11.6 Å². The van der Waals surface area contributed by atoms with Crippen LogP contribution in [0.1, 0.15) is 33.2 Å². The first-order valence-corrected chi connectivity index (χ1v) is 6.66. The molecule has 0 bridgehead atoms. The van der Waals surface area contributed by atoms with Crippen molar-refractivity contribution < 1.29 is 9.59 Å². The zero-order valence-corrected chi connectivity index (χ0v) is 11.6. The van der Waals surface area contributed by atoms with E-state index in [1.807, 2.05) is 6.07 Å². The van der Waals surface area contributed by atoms with Crippen LogP contribution in [0.15, 0.2) is 53.7 Å². The second-order valence-corrected chi connectivity index (χ2v) is 5.08. The van der Waals surface area contributed by atoms with Crippen LogP contribution in [0.25, 0.3) is 0 Å². The van der Waals surface area contributed by atoms with Crippen molar-refractivity contribution in [2.24, 2.45) is 0 Å². The van der Waals surface area contributed by atoms with Crippen molar-refractivity contribution in [2.75, 3.05) is 5.73 Å². The summed E-state index contributed by atoms with van der Waals surface area (Å²) in [6.45, 7) is 1.70. The zero-order valence-electron chi connectivity index (χ0n) is 11.6. The summed E-state index contributed by atoms with van der Waals surface area (Å²) in [5, 5.41) is 0. The third-order valence-electron chi connectivity index (χ3n) is 3.71. The minimum atomic E-state index is -0.0838. The summed E-state index contributed by atoms with van der Waals surface area (Å²) in [6, 6.07) is 10.4. The molecule has 0 saturated carbocycles. The van der Waals surface area contributed by atoms with E-state index in [4.69, 9.17) is 5.73 Å². The van der Waals surface area contributed by atoms with Gasteiger partial charge in [0.2, 0.25) is 0 Å². The van der Waals surface area contributed by atoms with Gasteiger partial charge in [0.25, 0.3) is 0 Å². The van der Waals surface area contributed by atoms with Crippen molar-refractivity contribution in [3.8, 4) is 0 Å². The molecule has 0 unspecified atom stereocenters. The fourth-order valence-corrected chi connectivity index (χ4v) is 2.51. The van der Waals surface area contributed by atoms with E-state index in [1.54, 1.807) is 43.5 Å². The molecule has 0 aliphatic heterocycles. The lowest BCUT2D eigenvalue weighted by Gasteiger charge is -2.18. The smallest absolute Gasteiger partial charge is 0.190 e. The molecule has 0 saturated heterocycles. The maximum absolute atomic E-state index is 12.6. The largest absolute Gasteiger partial charge is 0.384 e. The minimum absolute atomic E-state index is 0.0800. The molecule has 0 amide bonds. The number of Topliss-reactive ketones (excluding diaryl/α,β-unsaturated/α-hetero) is 2. The predicted molar refractivity (Wildman–Crippen MR) is 80.2 cm³/mol. The number of ketones is 2. The van der Waals surface area contributed by atoms with Crippen LogP contribution >= 0.6 is 0 Å². The second-order valence-electron chi connectivity index (χ2n) is 5.08. The van der Waals surface area contributed by atoms with E-state index in [-0.39, 0.29) is 11.6 Å². The molecule has 0 atom stereocenters. The number of hydrogen-bond donors (Lipinski definition) is 1. The molecular formula is C17H14N2O2. The van der Waals surface area contributed by atoms with E-state index < -0.39 is 0 Å². The number of carbonyl (C=O) groups is 2. The predicted octanol–water partition coefficient (Wildman–Crippen LogP) is 2.60. The average Bonchev–Trinajstić information content (AvgIpc) is 2.51. The summed E-state index contributed by atoms with van der Waals surface area (Å²) >= 11 is 0. The van der Waals surface area contributed by atoms with Crippen molar-refractivity contribution in [1.29, 1.82) is 0 Å². The Bertz CT molecular complexity index is 774. The fourth-order valence-electron chi connectivity index (χ4n) is 2.51. The fraction of sp³-hybridized carbons (Fsp3) is 0.118. The van der Waals surface area contributed by atoms with Gasteiger partial charge in [0, 0.05) is 34.9 Å². The Morgan fingerprint density at radius 1 is 1.00 bits per heavy atom. The summed E-state index contributed by atoms with van der Waals surface area (Å²) < 4.78 is 0. The van der Waals surface area contributed by atoms with Gasteiger partial charge in [0.05, 0.1) is 0 Å². The van der Waals surface area contributed by atoms with Gasteiger partial charge >= 0.3 is 0 Å². The number of allylic oxidation sites excluding steroid dienone is 2. The second kappa shape index (κ2) is 4.98. The summed E-state index contributed by atoms with van der Waals surface area (Å²) in [5.74, 6) is 0.268. The number of hydrogen-bond acceptors (Lipinski definition) is 4. The lowest BCUT2D eigenvalue weighted by atomic mass is 9.82. The van der Waals surface area contributed by atoms with Gasteiger partial charge in [-0.1, -0.05) is 30.3 Å². The summed E-state index contributed by atoms with van der Waals surface area (Å²) in [5.41, 5.74) is 8.42. The highest BCUT2D eigenvalue weighted by molar-refractivity contribution is 6.26. The van der Waals surface area contributed by atoms with Crippen molar-refractivity contribution in [1.82, 2.24) is 4.98 Å². The zero-order chi connectivity index (χ0) is 15.0. The molecule has 1 aromatic carbocycles. The number of benzene rings is 1. The number of fused-ring (bicyclic) bond motifs is 1. The Hall–Kier alpha value is -2.75. The monoisotopic (exact) mass is 278 g/mol. The molecule has 0 radical (unpaired) electrons. The van der Waals surface area contributed by atoms with Crippen LogP contribution in [0.5, 0.6) is 0 Å².